The van der Waals surface area contributed by atoms with E-state index in [0.717, 1.165) is 23.9 Å². The number of carbonyl (C=O) groups is 1. The molecule has 0 bridgehead atoms. The van der Waals surface area contributed by atoms with Crippen molar-refractivity contribution in [2.75, 3.05) is 6.54 Å². The second kappa shape index (κ2) is 7.55. The Labute approximate surface area is 125 Å². The summed E-state index contributed by atoms with van der Waals surface area (Å²) in [6, 6.07) is 4.30. The van der Waals surface area contributed by atoms with E-state index in [9.17, 15) is 9.18 Å². The number of halogens is 1. The third-order valence-corrected chi connectivity index (χ3v) is 4.46. The summed E-state index contributed by atoms with van der Waals surface area (Å²) in [4.78, 5) is 10.7. The Morgan fingerprint density at radius 1 is 1.33 bits per heavy atom. The quantitative estimate of drug-likeness (QED) is 0.784. The molecule has 0 saturated heterocycles. The molecule has 0 aromatic heterocycles. The van der Waals surface area contributed by atoms with Crippen LogP contribution in [0.15, 0.2) is 18.2 Å². The average Bonchev–Trinajstić information content (AvgIpc) is 2.45. The Balaban J connectivity index is 1.71. The predicted molar refractivity (Wildman–Crippen MR) is 80.8 cm³/mol. The van der Waals surface area contributed by atoms with Gasteiger partial charge in [-0.2, -0.15) is 0 Å². The van der Waals surface area contributed by atoms with E-state index >= 15 is 0 Å². The number of hydrogen-bond acceptors (Lipinski definition) is 2. The van der Waals surface area contributed by atoms with Gasteiger partial charge >= 0.3 is 5.97 Å². The second-order valence-corrected chi connectivity index (χ2v) is 6.21. The van der Waals surface area contributed by atoms with Crippen LogP contribution in [0, 0.1) is 17.7 Å². The van der Waals surface area contributed by atoms with Gasteiger partial charge in [0.2, 0.25) is 0 Å². The molecular formula is C17H24FNO2. The second-order valence-electron chi connectivity index (χ2n) is 6.21. The number of nitrogens with one attached hydrogen (secondary N) is 1. The first-order chi connectivity index (χ1) is 10.1. The highest BCUT2D eigenvalue weighted by Gasteiger charge is 2.17. The summed E-state index contributed by atoms with van der Waals surface area (Å²) in [5.41, 5.74) is 0.518. The highest BCUT2D eigenvalue weighted by molar-refractivity contribution is 5.87. The van der Waals surface area contributed by atoms with E-state index in [1.165, 1.54) is 44.2 Å². The van der Waals surface area contributed by atoms with Gasteiger partial charge in [0.05, 0.1) is 5.56 Å². The van der Waals surface area contributed by atoms with Crippen LogP contribution in [0.2, 0.25) is 0 Å². The van der Waals surface area contributed by atoms with Gasteiger partial charge in [0.25, 0.3) is 0 Å². The summed E-state index contributed by atoms with van der Waals surface area (Å²) in [5.74, 6) is -0.189. The molecule has 4 heteroatoms. The largest absolute Gasteiger partial charge is 0.478 e. The average molecular weight is 293 g/mol. The first kappa shape index (κ1) is 16.0. The van der Waals surface area contributed by atoms with Crippen molar-refractivity contribution in [2.24, 2.45) is 11.8 Å². The van der Waals surface area contributed by atoms with Gasteiger partial charge in [-0.1, -0.05) is 38.7 Å². The molecule has 0 heterocycles. The number of carboxylic acids is 1. The maximum absolute atomic E-state index is 13.5. The van der Waals surface area contributed by atoms with Crippen LogP contribution in [0.4, 0.5) is 4.39 Å². The molecule has 1 aliphatic rings. The molecule has 2 rings (SSSR count). The maximum Gasteiger partial charge on any atom is 0.338 e. The van der Waals surface area contributed by atoms with E-state index in [2.05, 4.69) is 12.2 Å². The van der Waals surface area contributed by atoms with Crippen molar-refractivity contribution in [3.05, 3.63) is 35.1 Å². The van der Waals surface area contributed by atoms with Gasteiger partial charge in [-0.25, -0.2) is 9.18 Å². The summed E-state index contributed by atoms with van der Waals surface area (Å²) < 4.78 is 13.5. The van der Waals surface area contributed by atoms with E-state index in [4.69, 9.17) is 5.11 Å². The van der Waals surface area contributed by atoms with Gasteiger partial charge in [-0.3, -0.25) is 0 Å². The van der Waals surface area contributed by atoms with Crippen molar-refractivity contribution in [2.45, 2.75) is 45.6 Å². The fourth-order valence-electron chi connectivity index (χ4n) is 3.00. The van der Waals surface area contributed by atoms with Crippen molar-refractivity contribution in [1.82, 2.24) is 5.32 Å². The van der Waals surface area contributed by atoms with Crippen molar-refractivity contribution >= 4 is 5.97 Å². The minimum absolute atomic E-state index is 0.268. The predicted octanol–water partition coefficient (Wildman–Crippen LogP) is 3.83. The van der Waals surface area contributed by atoms with E-state index < -0.39 is 11.8 Å². The van der Waals surface area contributed by atoms with E-state index in [0.29, 0.717) is 6.54 Å². The van der Waals surface area contributed by atoms with Crippen LogP contribution in [-0.4, -0.2) is 17.6 Å². The first-order valence-corrected chi connectivity index (χ1v) is 7.78. The molecule has 1 saturated carbocycles. The van der Waals surface area contributed by atoms with Crippen molar-refractivity contribution < 1.29 is 14.3 Å². The number of aromatic carboxylic acids is 1. The Morgan fingerprint density at radius 2 is 2.05 bits per heavy atom. The lowest BCUT2D eigenvalue weighted by Crippen LogP contribution is -2.20. The third-order valence-electron chi connectivity index (χ3n) is 4.46. The van der Waals surface area contributed by atoms with Crippen LogP contribution in [0.25, 0.3) is 0 Å². The third kappa shape index (κ3) is 4.81. The van der Waals surface area contributed by atoms with Crippen molar-refractivity contribution in [3.63, 3.8) is 0 Å². The van der Waals surface area contributed by atoms with Crippen LogP contribution in [0.5, 0.6) is 0 Å². The SMILES string of the molecule is CC1CCC(CCNCc2ccc(C(=O)O)c(F)c2)CC1. The molecular weight excluding hydrogens is 269 g/mol. The molecule has 1 aromatic rings. The molecule has 1 aromatic carbocycles. The molecule has 2 N–H and O–H groups in total. The van der Waals surface area contributed by atoms with Gasteiger partial charge in [-0.05, 0) is 42.5 Å². The van der Waals surface area contributed by atoms with Gasteiger partial charge < -0.3 is 10.4 Å². The molecule has 116 valence electrons. The zero-order valence-corrected chi connectivity index (χ0v) is 12.6. The van der Waals surface area contributed by atoms with Crippen LogP contribution >= 0.6 is 0 Å². The van der Waals surface area contributed by atoms with Crippen LogP contribution in [-0.2, 0) is 6.54 Å². The van der Waals surface area contributed by atoms with Crippen LogP contribution in [0.3, 0.4) is 0 Å². The zero-order valence-electron chi connectivity index (χ0n) is 12.6. The minimum atomic E-state index is -1.22. The van der Waals surface area contributed by atoms with Gasteiger partial charge in [0, 0.05) is 6.54 Å². The van der Waals surface area contributed by atoms with Gasteiger partial charge in [-0.15, -0.1) is 0 Å². The molecule has 0 unspecified atom stereocenters. The lowest BCUT2D eigenvalue weighted by molar-refractivity contribution is 0.0692. The van der Waals surface area contributed by atoms with Crippen LogP contribution in [0.1, 0.15) is 54.9 Å². The molecule has 21 heavy (non-hydrogen) atoms. The van der Waals surface area contributed by atoms with Crippen molar-refractivity contribution in [3.8, 4) is 0 Å². The highest BCUT2D eigenvalue weighted by atomic mass is 19.1. The Hall–Kier alpha value is -1.42. The molecule has 0 radical (unpaired) electrons. The van der Waals surface area contributed by atoms with E-state index in [1.54, 1.807) is 6.07 Å². The topological polar surface area (TPSA) is 49.3 Å². The highest BCUT2D eigenvalue weighted by Crippen LogP contribution is 2.29. The Kier molecular flexibility index (Phi) is 5.74. The molecule has 0 amide bonds. The van der Waals surface area contributed by atoms with E-state index in [-0.39, 0.29) is 5.56 Å². The molecule has 1 fully saturated rings. The molecule has 0 aliphatic heterocycles. The summed E-state index contributed by atoms with van der Waals surface area (Å²) in [5, 5.41) is 12.1. The van der Waals surface area contributed by atoms with Crippen molar-refractivity contribution in [1.29, 1.82) is 0 Å². The van der Waals surface area contributed by atoms with E-state index in [1.807, 2.05) is 0 Å². The molecule has 0 spiro atoms. The fraction of sp³-hybridized carbons (Fsp3) is 0.588. The molecule has 1 aliphatic carbocycles. The number of carboxylic acid groups (broad SMARTS) is 1. The Morgan fingerprint density at radius 3 is 2.67 bits per heavy atom. The lowest BCUT2D eigenvalue weighted by atomic mass is 9.81. The minimum Gasteiger partial charge on any atom is -0.478 e. The first-order valence-electron chi connectivity index (χ1n) is 7.78. The normalized spacial score (nSPS) is 22.2. The lowest BCUT2D eigenvalue weighted by Gasteiger charge is -2.26. The van der Waals surface area contributed by atoms with Crippen LogP contribution < -0.4 is 5.32 Å². The van der Waals surface area contributed by atoms with Gasteiger partial charge in [0.1, 0.15) is 5.82 Å². The number of benzene rings is 1. The summed E-state index contributed by atoms with van der Waals surface area (Å²) >= 11 is 0. The molecule has 3 nitrogen and oxygen atoms in total. The maximum atomic E-state index is 13.5. The summed E-state index contributed by atoms with van der Waals surface area (Å²) in [6.45, 7) is 3.84. The van der Waals surface area contributed by atoms with Gasteiger partial charge in [0.15, 0.2) is 0 Å². The smallest absolute Gasteiger partial charge is 0.338 e. The monoisotopic (exact) mass is 293 g/mol. The standard InChI is InChI=1S/C17H24FNO2/c1-12-2-4-13(5-3-12)8-9-19-11-14-6-7-15(17(20)21)16(18)10-14/h6-7,10,12-13,19H,2-5,8-9,11H2,1H3,(H,20,21). The molecule has 0 atom stereocenters. The Bertz CT molecular complexity index is 482. The summed E-state index contributed by atoms with van der Waals surface area (Å²) in [6.07, 6.45) is 6.50. The fourth-order valence-corrected chi connectivity index (χ4v) is 3.00. The zero-order chi connectivity index (χ0) is 15.2. The number of rotatable bonds is 6. The number of hydrogen-bond donors (Lipinski definition) is 2. The summed E-state index contributed by atoms with van der Waals surface area (Å²) in [7, 11) is 0.